The summed E-state index contributed by atoms with van der Waals surface area (Å²) in [6, 6.07) is 45.4. The number of amides is 1. The van der Waals surface area contributed by atoms with Gasteiger partial charge in [0.15, 0.2) is 0 Å². The average Bonchev–Trinajstić information content (AvgIpc) is 3.64. The van der Waals surface area contributed by atoms with Crippen LogP contribution in [0.1, 0.15) is 6.92 Å². The Kier molecular flexibility index (Phi) is 6.03. The molecule has 0 saturated heterocycles. The summed E-state index contributed by atoms with van der Waals surface area (Å²) in [6.45, 7) is 1.60. The van der Waals surface area contributed by atoms with Crippen molar-refractivity contribution in [2.75, 3.05) is 4.90 Å². The zero-order valence-electron chi connectivity index (χ0n) is 21.9. The van der Waals surface area contributed by atoms with Crippen molar-refractivity contribution in [2.45, 2.75) is 6.92 Å². The molecule has 0 saturated carbocycles. The number of para-hydroxylation sites is 2. The molecule has 0 unspecified atom stereocenters. The summed E-state index contributed by atoms with van der Waals surface area (Å²) in [5.41, 5.74) is 7.84. The van der Waals surface area contributed by atoms with Gasteiger partial charge in [-0.1, -0.05) is 91.0 Å². The first kappa shape index (κ1) is 24.1. The Labute approximate surface area is 236 Å². The van der Waals surface area contributed by atoms with Gasteiger partial charge >= 0.3 is 0 Å². The van der Waals surface area contributed by atoms with Crippen molar-refractivity contribution in [2.24, 2.45) is 0 Å². The van der Waals surface area contributed by atoms with Crippen LogP contribution in [0.2, 0.25) is 0 Å². The van der Waals surface area contributed by atoms with E-state index < -0.39 is 0 Å². The number of nitrogens with zero attached hydrogens (tertiary/aromatic N) is 1. The van der Waals surface area contributed by atoms with E-state index in [-0.39, 0.29) is 5.91 Å². The van der Waals surface area contributed by atoms with Crippen molar-refractivity contribution < 1.29 is 9.21 Å². The first-order valence-electron chi connectivity index (χ1n) is 13.2. The molecule has 3 nitrogen and oxygen atoms in total. The van der Waals surface area contributed by atoms with Crippen LogP contribution in [0.25, 0.3) is 53.9 Å². The maximum absolute atomic E-state index is 12.8. The van der Waals surface area contributed by atoms with Crippen molar-refractivity contribution >= 4 is 50.6 Å². The molecular weight excluding hydrogens is 510 g/mol. The number of fused-ring (bicyclic) bond motifs is 3. The molecule has 5 aromatic carbocycles. The van der Waals surface area contributed by atoms with E-state index in [1.807, 2.05) is 48.5 Å². The molecule has 0 bridgehead atoms. The van der Waals surface area contributed by atoms with E-state index >= 15 is 0 Å². The van der Waals surface area contributed by atoms with E-state index in [1.54, 1.807) is 23.2 Å². The summed E-state index contributed by atoms with van der Waals surface area (Å²) in [5, 5.41) is 2.21. The minimum absolute atomic E-state index is 0.0395. The maximum atomic E-state index is 12.8. The van der Waals surface area contributed by atoms with Gasteiger partial charge in [0, 0.05) is 44.4 Å². The Balaban J connectivity index is 1.18. The Morgan fingerprint density at radius 1 is 0.575 bits per heavy atom. The lowest BCUT2D eigenvalue weighted by Gasteiger charge is -2.22. The molecule has 7 rings (SSSR count). The Hall–Kier alpha value is -4.93. The van der Waals surface area contributed by atoms with E-state index in [9.17, 15) is 4.79 Å². The number of hydrogen-bond acceptors (Lipinski definition) is 3. The Bertz CT molecular complexity index is 1970. The van der Waals surface area contributed by atoms with Crippen LogP contribution < -0.4 is 4.90 Å². The molecule has 192 valence electrons. The molecule has 4 heteroatoms. The second-order valence-corrected chi connectivity index (χ2v) is 10.8. The predicted octanol–water partition coefficient (Wildman–Crippen LogP) is 10.3. The quantitative estimate of drug-likeness (QED) is 0.220. The van der Waals surface area contributed by atoms with Crippen LogP contribution >= 0.6 is 11.3 Å². The average molecular weight is 536 g/mol. The normalized spacial score (nSPS) is 11.2. The third-order valence-corrected chi connectivity index (χ3v) is 8.41. The molecule has 0 aliphatic rings. The molecule has 7 aromatic rings. The summed E-state index contributed by atoms with van der Waals surface area (Å²) in [5.74, 6) is -0.0395. The standard InChI is InChI=1S/C36H25NO2S/c1-24(38)37(29-20-16-27(17-21-29)35-23-22-34(40-35)26-8-3-2-4-9-26)28-18-14-25(15-19-28)30-11-7-12-32-31-10-5-6-13-33(31)39-36(30)32/h2-23H,1H3. The molecule has 0 fully saturated rings. The molecule has 0 radical (unpaired) electrons. The zero-order valence-corrected chi connectivity index (χ0v) is 22.7. The monoisotopic (exact) mass is 535 g/mol. The van der Waals surface area contributed by atoms with Gasteiger partial charge in [-0.25, -0.2) is 0 Å². The SMILES string of the molecule is CC(=O)N(c1ccc(-c2ccc(-c3ccccc3)s2)cc1)c1ccc(-c2cccc3c2oc2ccccc23)cc1. The van der Waals surface area contributed by atoms with E-state index in [0.29, 0.717) is 0 Å². The smallest absolute Gasteiger partial charge is 0.228 e. The fourth-order valence-electron chi connectivity index (χ4n) is 5.30. The number of carbonyl (C=O) groups excluding carboxylic acids is 1. The minimum atomic E-state index is -0.0395. The summed E-state index contributed by atoms with van der Waals surface area (Å²) in [4.78, 5) is 17.0. The van der Waals surface area contributed by atoms with Crippen molar-refractivity contribution in [3.8, 4) is 32.0 Å². The number of benzene rings is 5. The zero-order chi connectivity index (χ0) is 27.1. The van der Waals surface area contributed by atoms with Gasteiger partial charge in [-0.05, 0) is 59.2 Å². The second kappa shape index (κ2) is 9.99. The third-order valence-electron chi connectivity index (χ3n) is 7.23. The Morgan fingerprint density at radius 2 is 1.15 bits per heavy atom. The molecule has 40 heavy (non-hydrogen) atoms. The molecule has 1 amide bonds. The lowest BCUT2D eigenvalue weighted by molar-refractivity contribution is -0.115. The highest BCUT2D eigenvalue weighted by atomic mass is 32.1. The van der Waals surface area contributed by atoms with Gasteiger partial charge < -0.3 is 4.42 Å². The molecule has 0 N–H and O–H groups in total. The lowest BCUT2D eigenvalue weighted by atomic mass is 10.0. The number of anilines is 2. The highest BCUT2D eigenvalue weighted by Gasteiger charge is 2.16. The molecule has 0 spiro atoms. The van der Waals surface area contributed by atoms with Crippen LogP contribution in [-0.2, 0) is 4.79 Å². The number of carbonyl (C=O) groups is 1. The van der Waals surface area contributed by atoms with Crippen LogP contribution in [0, 0.1) is 0 Å². The van der Waals surface area contributed by atoms with Gasteiger partial charge in [0.05, 0.1) is 0 Å². The number of rotatable bonds is 5. The number of hydrogen-bond donors (Lipinski definition) is 0. The van der Waals surface area contributed by atoms with E-state index in [0.717, 1.165) is 50.0 Å². The van der Waals surface area contributed by atoms with Crippen LogP contribution in [0.5, 0.6) is 0 Å². The van der Waals surface area contributed by atoms with Crippen LogP contribution in [0.15, 0.2) is 138 Å². The first-order chi connectivity index (χ1) is 19.7. The van der Waals surface area contributed by atoms with Crippen molar-refractivity contribution in [3.05, 3.63) is 133 Å². The minimum Gasteiger partial charge on any atom is -0.455 e. The highest BCUT2D eigenvalue weighted by molar-refractivity contribution is 7.18. The van der Waals surface area contributed by atoms with Crippen molar-refractivity contribution in [1.29, 1.82) is 0 Å². The largest absolute Gasteiger partial charge is 0.455 e. The number of thiophene rings is 1. The first-order valence-corrected chi connectivity index (χ1v) is 14.0. The van der Waals surface area contributed by atoms with Gasteiger partial charge in [0.1, 0.15) is 11.2 Å². The predicted molar refractivity (Wildman–Crippen MR) is 167 cm³/mol. The van der Waals surface area contributed by atoms with E-state index in [2.05, 4.69) is 84.9 Å². The van der Waals surface area contributed by atoms with Crippen LogP contribution in [0.3, 0.4) is 0 Å². The molecule has 0 aliphatic carbocycles. The molecule has 2 heterocycles. The fraction of sp³-hybridized carbons (Fsp3) is 0.0278. The third kappa shape index (κ3) is 4.29. The summed E-state index contributed by atoms with van der Waals surface area (Å²) >= 11 is 1.77. The molecule has 0 aliphatic heterocycles. The van der Waals surface area contributed by atoms with Crippen LogP contribution in [0.4, 0.5) is 11.4 Å². The molecule has 0 atom stereocenters. The Morgan fingerprint density at radius 3 is 1.82 bits per heavy atom. The summed E-state index contributed by atoms with van der Waals surface area (Å²) in [7, 11) is 0. The molecular formula is C36H25NO2S. The van der Waals surface area contributed by atoms with Gasteiger partial charge in [-0.15, -0.1) is 11.3 Å². The summed E-state index contributed by atoms with van der Waals surface area (Å²) < 4.78 is 6.23. The van der Waals surface area contributed by atoms with Gasteiger partial charge in [0.2, 0.25) is 5.91 Å². The fourth-order valence-corrected chi connectivity index (χ4v) is 6.32. The topological polar surface area (TPSA) is 33.5 Å². The van der Waals surface area contributed by atoms with Crippen molar-refractivity contribution in [3.63, 3.8) is 0 Å². The maximum Gasteiger partial charge on any atom is 0.228 e. The van der Waals surface area contributed by atoms with E-state index in [4.69, 9.17) is 4.42 Å². The second-order valence-electron chi connectivity index (χ2n) is 9.76. The molecule has 2 aromatic heterocycles. The van der Waals surface area contributed by atoms with Gasteiger partial charge in [-0.3, -0.25) is 9.69 Å². The summed E-state index contributed by atoms with van der Waals surface area (Å²) in [6.07, 6.45) is 0. The van der Waals surface area contributed by atoms with Crippen molar-refractivity contribution in [1.82, 2.24) is 0 Å². The van der Waals surface area contributed by atoms with Gasteiger partial charge in [-0.2, -0.15) is 0 Å². The van der Waals surface area contributed by atoms with Crippen LogP contribution in [-0.4, -0.2) is 5.91 Å². The lowest BCUT2D eigenvalue weighted by Crippen LogP contribution is -2.22. The number of furan rings is 1. The van der Waals surface area contributed by atoms with Gasteiger partial charge in [0.25, 0.3) is 0 Å². The van der Waals surface area contributed by atoms with E-state index in [1.165, 1.54) is 15.3 Å². The highest BCUT2D eigenvalue weighted by Crippen LogP contribution is 2.38.